The van der Waals surface area contributed by atoms with E-state index in [-0.39, 0.29) is 5.91 Å². The topological polar surface area (TPSA) is 77.0 Å². The molecule has 3 heterocycles. The number of rotatable bonds is 1. The number of nitrogens with zero attached hydrogens (tertiary/aromatic N) is 4. The Balaban J connectivity index is 2.15. The average Bonchev–Trinajstić information content (AvgIpc) is 2.72. The standard InChI is InChI=1S/C13H15N5O/c1-8-15-5-3-10(16-8)12-7-9-11(17(12)2)4-6-18(14)13(9)19/h3,5,7H,4,6,14H2,1-2H3. The molecule has 0 aromatic carbocycles. The first kappa shape index (κ1) is 11.9. The zero-order chi connectivity index (χ0) is 13.6. The van der Waals surface area contributed by atoms with E-state index in [0.717, 1.165) is 23.5 Å². The van der Waals surface area contributed by atoms with Gasteiger partial charge in [0, 0.05) is 31.9 Å². The first-order valence-electron chi connectivity index (χ1n) is 6.13. The Labute approximate surface area is 110 Å². The maximum absolute atomic E-state index is 12.0. The minimum atomic E-state index is -0.131. The highest BCUT2D eigenvalue weighted by Crippen LogP contribution is 2.27. The molecule has 0 saturated heterocycles. The lowest BCUT2D eigenvalue weighted by Crippen LogP contribution is -2.42. The molecule has 1 aliphatic rings. The van der Waals surface area contributed by atoms with Gasteiger partial charge in [0.25, 0.3) is 5.91 Å². The number of hydrogen-bond acceptors (Lipinski definition) is 4. The van der Waals surface area contributed by atoms with Crippen LogP contribution in [0.2, 0.25) is 0 Å². The van der Waals surface area contributed by atoms with Gasteiger partial charge < -0.3 is 4.57 Å². The van der Waals surface area contributed by atoms with Crippen LogP contribution < -0.4 is 5.84 Å². The molecule has 1 amide bonds. The quantitative estimate of drug-likeness (QED) is 0.601. The van der Waals surface area contributed by atoms with Crippen LogP contribution in [0.4, 0.5) is 0 Å². The van der Waals surface area contributed by atoms with Gasteiger partial charge in [-0.3, -0.25) is 9.80 Å². The Kier molecular flexibility index (Phi) is 2.60. The van der Waals surface area contributed by atoms with Gasteiger partial charge in [-0.15, -0.1) is 0 Å². The van der Waals surface area contributed by atoms with Gasteiger partial charge in [-0.25, -0.2) is 15.8 Å². The van der Waals surface area contributed by atoms with Crippen LogP contribution in [-0.2, 0) is 13.5 Å². The lowest BCUT2D eigenvalue weighted by molar-refractivity contribution is 0.0738. The van der Waals surface area contributed by atoms with E-state index in [1.165, 1.54) is 5.01 Å². The molecule has 1 aliphatic heterocycles. The Morgan fingerprint density at radius 1 is 1.42 bits per heavy atom. The van der Waals surface area contributed by atoms with E-state index in [4.69, 9.17) is 5.84 Å². The molecule has 2 aromatic rings. The van der Waals surface area contributed by atoms with E-state index in [0.29, 0.717) is 17.9 Å². The average molecular weight is 257 g/mol. The van der Waals surface area contributed by atoms with Crippen LogP contribution in [0.3, 0.4) is 0 Å². The number of hydrazine groups is 1. The zero-order valence-corrected chi connectivity index (χ0v) is 10.9. The Bertz CT molecular complexity index is 661. The molecule has 0 saturated carbocycles. The van der Waals surface area contributed by atoms with Crippen LogP contribution in [0.5, 0.6) is 0 Å². The monoisotopic (exact) mass is 257 g/mol. The number of fused-ring (bicyclic) bond motifs is 1. The van der Waals surface area contributed by atoms with E-state index in [1.54, 1.807) is 6.20 Å². The number of carbonyl (C=O) groups excluding carboxylic acids is 1. The largest absolute Gasteiger partial charge is 0.346 e. The smallest absolute Gasteiger partial charge is 0.269 e. The molecule has 6 nitrogen and oxygen atoms in total. The van der Waals surface area contributed by atoms with E-state index in [1.807, 2.05) is 30.7 Å². The fourth-order valence-electron chi connectivity index (χ4n) is 2.46. The van der Waals surface area contributed by atoms with Crippen molar-refractivity contribution >= 4 is 5.91 Å². The van der Waals surface area contributed by atoms with Crippen molar-refractivity contribution < 1.29 is 4.79 Å². The van der Waals surface area contributed by atoms with Crippen molar-refractivity contribution in [2.45, 2.75) is 13.3 Å². The molecule has 2 aromatic heterocycles. The van der Waals surface area contributed by atoms with Gasteiger partial charge in [0.1, 0.15) is 5.82 Å². The Morgan fingerprint density at radius 3 is 2.95 bits per heavy atom. The number of aryl methyl sites for hydroxylation is 1. The number of hydrogen-bond donors (Lipinski definition) is 1. The highest BCUT2D eigenvalue weighted by Gasteiger charge is 2.27. The SMILES string of the molecule is Cc1nccc(-c2cc3c(n2C)CCN(N)C3=O)n1. The Morgan fingerprint density at radius 2 is 2.21 bits per heavy atom. The second-order valence-corrected chi connectivity index (χ2v) is 4.69. The molecule has 0 unspecified atom stereocenters. The highest BCUT2D eigenvalue weighted by atomic mass is 16.2. The molecular weight excluding hydrogens is 242 g/mol. The van der Waals surface area contributed by atoms with Crippen LogP contribution in [0, 0.1) is 6.92 Å². The van der Waals surface area contributed by atoms with E-state index < -0.39 is 0 Å². The van der Waals surface area contributed by atoms with Gasteiger partial charge in [-0.1, -0.05) is 0 Å². The summed E-state index contributed by atoms with van der Waals surface area (Å²) in [6, 6.07) is 3.71. The third-order valence-electron chi connectivity index (χ3n) is 3.48. The minimum Gasteiger partial charge on any atom is -0.346 e. The molecule has 0 radical (unpaired) electrons. The predicted octanol–water partition coefficient (Wildman–Crippen LogP) is 0.663. The molecule has 98 valence electrons. The fraction of sp³-hybridized carbons (Fsp3) is 0.308. The second kappa shape index (κ2) is 4.17. The zero-order valence-electron chi connectivity index (χ0n) is 10.9. The van der Waals surface area contributed by atoms with Gasteiger partial charge in [-0.2, -0.15) is 0 Å². The first-order chi connectivity index (χ1) is 9.08. The molecule has 0 spiro atoms. The maximum atomic E-state index is 12.0. The van der Waals surface area contributed by atoms with Gasteiger partial charge in [-0.05, 0) is 19.1 Å². The van der Waals surface area contributed by atoms with Crippen LogP contribution in [0.1, 0.15) is 21.9 Å². The molecular formula is C13H15N5O. The summed E-state index contributed by atoms with van der Waals surface area (Å²) in [6.45, 7) is 2.39. The molecule has 6 heteroatoms. The maximum Gasteiger partial charge on any atom is 0.269 e. The first-order valence-corrected chi connectivity index (χ1v) is 6.13. The third kappa shape index (κ3) is 1.80. The number of aromatic nitrogens is 3. The van der Waals surface area contributed by atoms with Gasteiger partial charge in [0.2, 0.25) is 0 Å². The number of amides is 1. The molecule has 19 heavy (non-hydrogen) atoms. The van der Waals surface area contributed by atoms with Crippen LogP contribution in [0.25, 0.3) is 11.4 Å². The van der Waals surface area contributed by atoms with Crippen molar-refractivity contribution in [2.75, 3.05) is 6.54 Å². The fourth-order valence-corrected chi connectivity index (χ4v) is 2.46. The Hall–Kier alpha value is -2.21. The number of nitrogens with two attached hydrogens (primary N) is 1. The molecule has 0 fully saturated rings. The van der Waals surface area contributed by atoms with Crippen molar-refractivity contribution in [3.05, 3.63) is 35.4 Å². The van der Waals surface area contributed by atoms with Crippen molar-refractivity contribution in [1.29, 1.82) is 0 Å². The number of carbonyl (C=O) groups is 1. The predicted molar refractivity (Wildman–Crippen MR) is 70.1 cm³/mol. The summed E-state index contributed by atoms with van der Waals surface area (Å²) in [5.41, 5.74) is 3.42. The summed E-state index contributed by atoms with van der Waals surface area (Å²) in [5.74, 6) is 6.24. The van der Waals surface area contributed by atoms with Gasteiger partial charge >= 0.3 is 0 Å². The highest BCUT2D eigenvalue weighted by molar-refractivity contribution is 5.97. The third-order valence-corrected chi connectivity index (χ3v) is 3.48. The molecule has 2 N–H and O–H groups in total. The summed E-state index contributed by atoms with van der Waals surface area (Å²) in [5, 5.41) is 1.26. The van der Waals surface area contributed by atoms with Crippen molar-refractivity contribution in [3.63, 3.8) is 0 Å². The molecule has 3 rings (SSSR count). The van der Waals surface area contributed by atoms with Crippen LogP contribution in [-0.4, -0.2) is 32.0 Å². The van der Waals surface area contributed by atoms with Crippen molar-refractivity contribution in [2.24, 2.45) is 12.9 Å². The molecule has 0 bridgehead atoms. The van der Waals surface area contributed by atoms with Gasteiger partial charge in [0.05, 0.1) is 17.0 Å². The van der Waals surface area contributed by atoms with Crippen LogP contribution >= 0.6 is 0 Å². The van der Waals surface area contributed by atoms with E-state index >= 15 is 0 Å². The lowest BCUT2D eigenvalue weighted by Gasteiger charge is -2.22. The summed E-state index contributed by atoms with van der Waals surface area (Å²) in [7, 11) is 1.95. The van der Waals surface area contributed by atoms with Crippen molar-refractivity contribution in [1.82, 2.24) is 19.5 Å². The second-order valence-electron chi connectivity index (χ2n) is 4.69. The molecule has 0 aliphatic carbocycles. The lowest BCUT2D eigenvalue weighted by atomic mass is 10.1. The summed E-state index contributed by atoms with van der Waals surface area (Å²) in [6.07, 6.45) is 2.48. The van der Waals surface area contributed by atoms with E-state index in [2.05, 4.69) is 9.97 Å². The summed E-state index contributed by atoms with van der Waals surface area (Å²) < 4.78 is 2.02. The summed E-state index contributed by atoms with van der Waals surface area (Å²) in [4.78, 5) is 20.5. The molecule has 0 atom stereocenters. The minimum absolute atomic E-state index is 0.131. The van der Waals surface area contributed by atoms with Gasteiger partial charge in [0.15, 0.2) is 0 Å². The summed E-state index contributed by atoms with van der Waals surface area (Å²) >= 11 is 0. The van der Waals surface area contributed by atoms with E-state index in [9.17, 15) is 4.79 Å². The van der Waals surface area contributed by atoms with Crippen molar-refractivity contribution in [3.8, 4) is 11.4 Å². The normalized spacial score (nSPS) is 14.7. The van der Waals surface area contributed by atoms with Crippen LogP contribution in [0.15, 0.2) is 18.3 Å².